The minimum absolute atomic E-state index is 0.0209. The van der Waals surface area contributed by atoms with Gasteiger partial charge in [-0.05, 0) is 23.8 Å². The van der Waals surface area contributed by atoms with Crippen LogP contribution in [0, 0.1) is 29.2 Å². The molecular weight excluding hydrogens is 393 g/mol. The molecule has 152 valence electrons. The van der Waals surface area contributed by atoms with Crippen LogP contribution < -0.4 is 0 Å². The van der Waals surface area contributed by atoms with Crippen LogP contribution in [0.15, 0.2) is 41.5 Å². The number of hydrogen-bond acceptors (Lipinski definition) is 2. The van der Waals surface area contributed by atoms with Gasteiger partial charge in [-0.3, -0.25) is 0 Å². The molecule has 4 nitrogen and oxygen atoms in total. The summed E-state index contributed by atoms with van der Waals surface area (Å²) in [6.07, 6.45) is 0.0715. The van der Waals surface area contributed by atoms with Crippen LogP contribution in [0.5, 0.6) is 0 Å². The summed E-state index contributed by atoms with van der Waals surface area (Å²) in [5, 5.41) is 5.09. The third-order valence-corrected chi connectivity index (χ3v) is 5.15. The summed E-state index contributed by atoms with van der Waals surface area (Å²) in [6.45, 7) is 0.0418. The molecule has 2 atom stereocenters. The minimum atomic E-state index is -1.69. The van der Waals surface area contributed by atoms with Crippen molar-refractivity contribution in [3.05, 3.63) is 70.8 Å². The average Bonchev–Trinajstić information content (AvgIpc) is 3.09. The second kappa shape index (κ2) is 7.46. The molecule has 0 saturated carbocycles. The van der Waals surface area contributed by atoms with Gasteiger partial charge in [0.2, 0.25) is 0 Å². The molecule has 2 aromatic carbocycles. The lowest BCUT2D eigenvalue weighted by molar-refractivity contribution is 0.0419. The summed E-state index contributed by atoms with van der Waals surface area (Å²) < 4.78 is 68.4. The number of amides is 2. The molecule has 2 aliphatic heterocycles. The molecule has 1 fully saturated rings. The molecule has 2 heterocycles. The van der Waals surface area contributed by atoms with Gasteiger partial charge in [0, 0.05) is 49.3 Å². The first kappa shape index (κ1) is 19.4. The van der Waals surface area contributed by atoms with Crippen molar-refractivity contribution < 1.29 is 26.7 Å². The molecule has 1 saturated heterocycles. The fraction of sp³-hybridized carbons (Fsp3) is 0.300. The Morgan fingerprint density at radius 2 is 1.69 bits per heavy atom. The van der Waals surface area contributed by atoms with E-state index in [-0.39, 0.29) is 24.2 Å². The molecule has 2 aromatic rings. The standard InChI is InChI=1S/C20H16F5N3O/c21-13-1-2-16(17(24)8-13)19(25)12-9-27(10-12)20(29)28-18(3-4-26-28)11-5-14(22)7-15(23)6-11/h1-2,4-8,12,18-19H,3,9-10H2/t18?,19-/m0/s1. The van der Waals surface area contributed by atoms with Crippen molar-refractivity contribution >= 4 is 12.2 Å². The Labute approximate surface area is 163 Å². The third kappa shape index (κ3) is 3.68. The van der Waals surface area contributed by atoms with Crippen LogP contribution >= 0.6 is 0 Å². The highest BCUT2D eigenvalue weighted by molar-refractivity contribution is 5.79. The number of hydrazone groups is 1. The van der Waals surface area contributed by atoms with Crippen molar-refractivity contribution in [2.24, 2.45) is 11.0 Å². The van der Waals surface area contributed by atoms with Gasteiger partial charge >= 0.3 is 6.03 Å². The van der Waals surface area contributed by atoms with E-state index in [9.17, 15) is 26.7 Å². The number of carbonyl (C=O) groups is 1. The third-order valence-electron chi connectivity index (χ3n) is 5.15. The van der Waals surface area contributed by atoms with Gasteiger partial charge in [-0.1, -0.05) is 6.07 Å². The zero-order valence-electron chi connectivity index (χ0n) is 15.0. The molecule has 0 bridgehead atoms. The lowest BCUT2D eigenvalue weighted by atomic mass is 9.90. The summed E-state index contributed by atoms with van der Waals surface area (Å²) in [4.78, 5) is 14.0. The van der Waals surface area contributed by atoms with Gasteiger partial charge in [-0.15, -0.1) is 0 Å². The average molecular weight is 409 g/mol. The van der Waals surface area contributed by atoms with Gasteiger partial charge in [0.1, 0.15) is 29.4 Å². The predicted molar refractivity (Wildman–Crippen MR) is 94.7 cm³/mol. The number of hydrogen-bond donors (Lipinski definition) is 0. The zero-order chi connectivity index (χ0) is 20.7. The zero-order valence-corrected chi connectivity index (χ0v) is 15.0. The second-order valence-electron chi connectivity index (χ2n) is 7.11. The van der Waals surface area contributed by atoms with Gasteiger partial charge in [0.05, 0.1) is 6.04 Å². The molecule has 9 heteroatoms. The number of halogens is 5. The molecular formula is C20H16F5N3O. The number of benzene rings is 2. The molecule has 29 heavy (non-hydrogen) atoms. The monoisotopic (exact) mass is 409 g/mol. The van der Waals surface area contributed by atoms with Crippen molar-refractivity contribution in [3.8, 4) is 0 Å². The smallest absolute Gasteiger partial charge is 0.322 e. The molecule has 2 aliphatic rings. The van der Waals surface area contributed by atoms with E-state index in [4.69, 9.17) is 0 Å². The molecule has 2 amide bonds. The molecule has 1 unspecified atom stereocenters. The summed E-state index contributed by atoms with van der Waals surface area (Å²) >= 11 is 0. The fourth-order valence-electron chi connectivity index (χ4n) is 3.62. The maximum absolute atomic E-state index is 14.6. The Bertz CT molecular complexity index is 956. The number of likely N-dealkylation sites (tertiary alicyclic amines) is 1. The Morgan fingerprint density at radius 3 is 2.34 bits per heavy atom. The molecule has 0 radical (unpaired) electrons. The van der Waals surface area contributed by atoms with Crippen molar-refractivity contribution in [1.82, 2.24) is 9.91 Å². The normalized spacial score (nSPS) is 20.1. The number of alkyl halides is 1. The molecule has 4 rings (SSSR count). The number of nitrogens with zero attached hydrogens (tertiary/aromatic N) is 3. The second-order valence-corrected chi connectivity index (χ2v) is 7.11. The predicted octanol–water partition coefficient (Wildman–Crippen LogP) is 4.74. The summed E-state index contributed by atoms with van der Waals surface area (Å²) in [5.41, 5.74) is 0.0120. The lowest BCUT2D eigenvalue weighted by Gasteiger charge is -2.42. The Balaban J connectivity index is 1.42. The van der Waals surface area contributed by atoms with Crippen molar-refractivity contribution in [1.29, 1.82) is 0 Å². The van der Waals surface area contributed by atoms with E-state index < -0.39 is 47.4 Å². The first-order valence-electron chi connectivity index (χ1n) is 8.99. The van der Waals surface area contributed by atoms with Gasteiger partial charge < -0.3 is 4.90 Å². The Hall–Kier alpha value is -2.97. The van der Waals surface area contributed by atoms with E-state index in [0.29, 0.717) is 12.5 Å². The van der Waals surface area contributed by atoms with Gasteiger partial charge in [-0.2, -0.15) is 5.10 Å². The maximum atomic E-state index is 14.6. The Morgan fingerprint density at radius 1 is 1.00 bits per heavy atom. The van der Waals surface area contributed by atoms with E-state index in [1.165, 1.54) is 11.1 Å². The van der Waals surface area contributed by atoms with E-state index in [0.717, 1.165) is 35.3 Å². The van der Waals surface area contributed by atoms with Crippen LogP contribution in [0.1, 0.15) is 29.8 Å². The number of rotatable bonds is 3. The summed E-state index contributed by atoms with van der Waals surface area (Å²) in [5.74, 6) is -3.93. The number of urea groups is 1. The van der Waals surface area contributed by atoms with E-state index in [2.05, 4.69) is 5.10 Å². The lowest BCUT2D eigenvalue weighted by Crippen LogP contribution is -2.55. The van der Waals surface area contributed by atoms with Crippen molar-refractivity contribution in [3.63, 3.8) is 0 Å². The van der Waals surface area contributed by atoms with E-state index in [1.807, 2.05) is 0 Å². The highest BCUT2D eigenvalue weighted by atomic mass is 19.2. The summed E-state index contributed by atoms with van der Waals surface area (Å²) in [6, 6.07) is 4.46. The molecule has 0 N–H and O–H groups in total. The van der Waals surface area contributed by atoms with Gasteiger partial charge in [-0.25, -0.2) is 31.8 Å². The van der Waals surface area contributed by atoms with E-state index in [1.54, 1.807) is 0 Å². The topological polar surface area (TPSA) is 35.9 Å². The molecule has 0 aromatic heterocycles. The summed E-state index contributed by atoms with van der Waals surface area (Å²) in [7, 11) is 0. The highest BCUT2D eigenvalue weighted by Crippen LogP contribution is 2.37. The minimum Gasteiger partial charge on any atom is -0.322 e. The number of carbonyl (C=O) groups excluding carboxylic acids is 1. The van der Waals surface area contributed by atoms with Crippen LogP contribution in [0.4, 0.5) is 26.7 Å². The van der Waals surface area contributed by atoms with Crippen LogP contribution in [0.2, 0.25) is 0 Å². The molecule has 0 spiro atoms. The first-order chi connectivity index (χ1) is 13.8. The van der Waals surface area contributed by atoms with Crippen LogP contribution in [-0.4, -0.2) is 35.2 Å². The fourth-order valence-corrected chi connectivity index (χ4v) is 3.62. The van der Waals surface area contributed by atoms with Crippen molar-refractivity contribution in [2.75, 3.05) is 13.1 Å². The van der Waals surface area contributed by atoms with Gasteiger partial charge in [0.15, 0.2) is 0 Å². The van der Waals surface area contributed by atoms with Crippen LogP contribution in [-0.2, 0) is 0 Å². The van der Waals surface area contributed by atoms with E-state index >= 15 is 0 Å². The largest absolute Gasteiger partial charge is 0.341 e. The maximum Gasteiger partial charge on any atom is 0.341 e. The Kier molecular flexibility index (Phi) is 4.97. The molecule has 0 aliphatic carbocycles. The van der Waals surface area contributed by atoms with Gasteiger partial charge in [0.25, 0.3) is 0 Å². The SMILES string of the molecule is O=C(N1CC([C@H](F)c2ccc(F)cc2F)C1)N1N=CCC1c1cc(F)cc(F)c1. The quantitative estimate of drug-likeness (QED) is 0.675. The van der Waals surface area contributed by atoms with Crippen LogP contribution in [0.25, 0.3) is 0 Å². The van der Waals surface area contributed by atoms with Crippen molar-refractivity contribution in [2.45, 2.75) is 18.6 Å². The van der Waals surface area contributed by atoms with Crippen LogP contribution in [0.3, 0.4) is 0 Å². The first-order valence-corrected chi connectivity index (χ1v) is 8.99. The highest BCUT2D eigenvalue weighted by Gasteiger charge is 2.42.